The molecule has 1 aromatic carbocycles. The molecule has 0 saturated carbocycles. The Morgan fingerprint density at radius 2 is 2.00 bits per heavy atom. The molecule has 0 bridgehead atoms. The topological polar surface area (TPSA) is 72.5 Å². The summed E-state index contributed by atoms with van der Waals surface area (Å²) in [6.45, 7) is 1.49. The molecular weight excluding hydrogens is 266 g/mol. The number of hydrogen-bond donors (Lipinski definition) is 1. The van der Waals surface area contributed by atoms with Gasteiger partial charge in [0, 0.05) is 0 Å². The Balaban J connectivity index is 2.06. The van der Waals surface area contributed by atoms with Crippen LogP contribution in [0.25, 0.3) is 6.08 Å². The molecule has 1 aliphatic rings. The highest BCUT2D eigenvalue weighted by Gasteiger charge is 2.24. The van der Waals surface area contributed by atoms with Crippen molar-refractivity contribution in [1.82, 2.24) is 5.32 Å². The van der Waals surface area contributed by atoms with E-state index < -0.39 is 0 Å². The van der Waals surface area contributed by atoms with Crippen molar-refractivity contribution in [3.63, 3.8) is 0 Å². The van der Waals surface area contributed by atoms with E-state index in [4.69, 9.17) is 4.74 Å². The van der Waals surface area contributed by atoms with Gasteiger partial charge in [0.1, 0.15) is 12.4 Å². The zero-order valence-electron chi connectivity index (χ0n) is 10.1. The van der Waals surface area contributed by atoms with Crippen molar-refractivity contribution in [2.24, 2.45) is 0 Å². The smallest absolute Gasteiger partial charge is 0.290 e. The summed E-state index contributed by atoms with van der Waals surface area (Å²) in [5, 5.41) is 1.82. The molecule has 98 valence electrons. The minimum atomic E-state index is -0.382. The Hall–Kier alpha value is -2.08. The van der Waals surface area contributed by atoms with Gasteiger partial charge in [-0.15, -0.1) is 0 Å². The summed E-state index contributed by atoms with van der Waals surface area (Å²) in [6, 6.07) is 6.90. The lowest BCUT2D eigenvalue weighted by atomic mass is 10.2. The van der Waals surface area contributed by atoms with Crippen molar-refractivity contribution in [2.75, 3.05) is 6.61 Å². The van der Waals surface area contributed by atoms with Gasteiger partial charge in [-0.2, -0.15) is 0 Å². The molecule has 2 amide bonds. The van der Waals surface area contributed by atoms with Crippen LogP contribution in [-0.4, -0.2) is 23.5 Å². The number of ketones is 1. The van der Waals surface area contributed by atoms with Gasteiger partial charge < -0.3 is 4.74 Å². The van der Waals surface area contributed by atoms with E-state index in [1.54, 1.807) is 30.3 Å². The third-order valence-corrected chi connectivity index (χ3v) is 3.07. The molecule has 19 heavy (non-hydrogen) atoms. The highest BCUT2D eigenvalue weighted by molar-refractivity contribution is 8.18. The van der Waals surface area contributed by atoms with Crippen molar-refractivity contribution in [3.05, 3.63) is 34.7 Å². The van der Waals surface area contributed by atoms with Crippen LogP contribution in [0.5, 0.6) is 5.75 Å². The lowest BCUT2D eigenvalue weighted by Gasteiger charge is -2.03. The molecule has 1 N–H and O–H groups in total. The zero-order chi connectivity index (χ0) is 13.8. The molecular formula is C13H11NO4S. The maximum absolute atomic E-state index is 11.4. The van der Waals surface area contributed by atoms with Crippen LogP contribution >= 0.6 is 11.8 Å². The molecule has 2 rings (SSSR count). The normalized spacial score (nSPS) is 16.6. The van der Waals surface area contributed by atoms with Gasteiger partial charge >= 0.3 is 0 Å². The summed E-state index contributed by atoms with van der Waals surface area (Å²) in [6.07, 6.45) is 1.62. The predicted octanol–water partition coefficient (Wildman–Crippen LogP) is 1.98. The van der Waals surface area contributed by atoms with Crippen LogP contribution in [0, 0.1) is 0 Å². The van der Waals surface area contributed by atoms with Crippen LogP contribution in [0.2, 0.25) is 0 Å². The summed E-state index contributed by atoms with van der Waals surface area (Å²) in [5.41, 5.74) is 0.780. The maximum Gasteiger partial charge on any atom is 0.290 e. The first-order valence-corrected chi connectivity index (χ1v) is 6.33. The summed E-state index contributed by atoms with van der Waals surface area (Å²) in [7, 11) is 0. The van der Waals surface area contributed by atoms with E-state index in [1.165, 1.54) is 6.92 Å². The summed E-state index contributed by atoms with van der Waals surface area (Å²) in [5.74, 6) is 0.146. The monoisotopic (exact) mass is 277 g/mol. The Kier molecular flexibility index (Phi) is 4.01. The van der Waals surface area contributed by atoms with Gasteiger partial charge in [-0.05, 0) is 42.5 Å². The van der Waals surface area contributed by atoms with E-state index in [2.05, 4.69) is 5.32 Å². The average molecular weight is 277 g/mol. The highest BCUT2D eigenvalue weighted by atomic mass is 32.2. The summed E-state index contributed by atoms with van der Waals surface area (Å²) < 4.78 is 5.22. The van der Waals surface area contributed by atoms with Crippen LogP contribution in [0.4, 0.5) is 4.79 Å². The van der Waals surface area contributed by atoms with Crippen LogP contribution in [0.3, 0.4) is 0 Å². The standard InChI is InChI=1S/C13H11NO4S/c1-8(15)7-18-10-4-2-9(3-5-10)6-11-12(16)14-13(17)19-11/h2-6H,7H2,1H3,(H,14,16,17)/b11-6+. The average Bonchev–Trinajstić information content (AvgIpc) is 2.67. The van der Waals surface area contributed by atoms with E-state index in [0.717, 1.165) is 17.3 Å². The number of nitrogens with one attached hydrogen (secondary N) is 1. The van der Waals surface area contributed by atoms with Gasteiger partial charge in [-0.1, -0.05) is 12.1 Å². The lowest BCUT2D eigenvalue weighted by Crippen LogP contribution is -2.17. The minimum absolute atomic E-state index is 0.0349. The molecule has 6 heteroatoms. The lowest BCUT2D eigenvalue weighted by molar-refractivity contribution is -0.119. The molecule has 0 radical (unpaired) electrons. The number of carbonyl (C=O) groups is 3. The zero-order valence-corrected chi connectivity index (χ0v) is 11.0. The number of Topliss-reactive ketones (excluding diaryl/α,β-unsaturated/α-hetero) is 1. The molecule has 5 nitrogen and oxygen atoms in total. The Labute approximate surface area is 114 Å². The van der Waals surface area contributed by atoms with E-state index >= 15 is 0 Å². The van der Waals surface area contributed by atoms with E-state index in [9.17, 15) is 14.4 Å². The molecule has 0 aliphatic carbocycles. The fourth-order valence-corrected chi connectivity index (χ4v) is 2.10. The number of rotatable bonds is 4. The van der Waals surface area contributed by atoms with Crippen molar-refractivity contribution >= 4 is 34.8 Å². The molecule has 0 spiro atoms. The molecule has 0 aromatic heterocycles. The van der Waals surface area contributed by atoms with Gasteiger partial charge in [0.05, 0.1) is 4.91 Å². The minimum Gasteiger partial charge on any atom is -0.486 e. The van der Waals surface area contributed by atoms with Gasteiger partial charge in [-0.3, -0.25) is 19.7 Å². The van der Waals surface area contributed by atoms with Crippen molar-refractivity contribution < 1.29 is 19.1 Å². The fraction of sp³-hybridized carbons (Fsp3) is 0.154. The first-order chi connectivity index (χ1) is 9.04. The number of benzene rings is 1. The number of amides is 2. The Morgan fingerprint density at radius 1 is 1.32 bits per heavy atom. The third kappa shape index (κ3) is 3.69. The van der Waals surface area contributed by atoms with Crippen LogP contribution in [0.1, 0.15) is 12.5 Å². The molecule has 0 unspecified atom stereocenters. The van der Waals surface area contributed by atoms with E-state index in [-0.39, 0.29) is 23.5 Å². The highest BCUT2D eigenvalue weighted by Crippen LogP contribution is 2.26. The van der Waals surface area contributed by atoms with E-state index in [1.807, 2.05) is 0 Å². The number of hydrogen-bond acceptors (Lipinski definition) is 5. The number of thioether (sulfide) groups is 1. The van der Waals surface area contributed by atoms with E-state index in [0.29, 0.717) is 10.7 Å². The second kappa shape index (κ2) is 5.71. The van der Waals surface area contributed by atoms with Gasteiger partial charge in [0.25, 0.3) is 11.1 Å². The third-order valence-electron chi connectivity index (χ3n) is 2.26. The second-order valence-electron chi connectivity index (χ2n) is 3.91. The number of imide groups is 1. The second-order valence-corrected chi connectivity index (χ2v) is 4.93. The maximum atomic E-state index is 11.4. The summed E-state index contributed by atoms with van der Waals surface area (Å²) in [4.78, 5) is 33.5. The van der Waals surface area contributed by atoms with Crippen LogP contribution in [-0.2, 0) is 9.59 Å². The van der Waals surface area contributed by atoms with Crippen molar-refractivity contribution in [1.29, 1.82) is 0 Å². The van der Waals surface area contributed by atoms with Gasteiger partial charge in [0.15, 0.2) is 5.78 Å². The van der Waals surface area contributed by atoms with Gasteiger partial charge in [0.2, 0.25) is 0 Å². The molecule has 1 fully saturated rings. The first-order valence-electron chi connectivity index (χ1n) is 5.52. The predicted molar refractivity (Wildman–Crippen MR) is 71.7 cm³/mol. The molecule has 1 aliphatic heterocycles. The van der Waals surface area contributed by atoms with Crippen LogP contribution in [0.15, 0.2) is 29.2 Å². The SMILES string of the molecule is CC(=O)COc1ccc(/C=C2/SC(=O)NC2=O)cc1. The molecule has 1 saturated heterocycles. The number of ether oxygens (including phenoxy) is 1. The summed E-state index contributed by atoms with van der Waals surface area (Å²) >= 11 is 0.872. The van der Waals surface area contributed by atoms with Crippen molar-refractivity contribution in [2.45, 2.75) is 6.92 Å². The van der Waals surface area contributed by atoms with Gasteiger partial charge in [-0.25, -0.2) is 0 Å². The largest absolute Gasteiger partial charge is 0.486 e. The quantitative estimate of drug-likeness (QED) is 0.852. The Morgan fingerprint density at radius 3 is 2.53 bits per heavy atom. The molecule has 0 atom stereocenters. The Bertz CT molecular complexity index is 563. The number of carbonyl (C=O) groups excluding carboxylic acids is 3. The van der Waals surface area contributed by atoms with Crippen LogP contribution < -0.4 is 10.1 Å². The van der Waals surface area contributed by atoms with Crippen molar-refractivity contribution in [3.8, 4) is 5.75 Å². The molecule has 1 aromatic rings. The fourth-order valence-electron chi connectivity index (χ4n) is 1.42. The molecule has 1 heterocycles. The first kappa shape index (κ1) is 13.4.